The van der Waals surface area contributed by atoms with Crippen molar-refractivity contribution in [2.24, 2.45) is 0 Å². The second-order valence-electron chi connectivity index (χ2n) is 13.4. The molecule has 7 aromatic carbocycles. The average Bonchev–Trinajstić information content (AvgIpc) is 3.60. The van der Waals surface area contributed by atoms with Crippen LogP contribution in [0.5, 0.6) is 0 Å². The van der Waals surface area contributed by atoms with E-state index in [4.69, 9.17) is 9.97 Å². The van der Waals surface area contributed by atoms with Gasteiger partial charge in [0.15, 0.2) is 0 Å². The molecule has 0 fully saturated rings. The van der Waals surface area contributed by atoms with Crippen molar-refractivity contribution in [3.8, 4) is 39.5 Å². The maximum Gasteiger partial charge on any atom is 0.235 e. The van der Waals surface area contributed by atoms with Crippen LogP contribution in [0.4, 0.5) is 0 Å². The predicted octanol–water partition coefficient (Wildman–Crippen LogP) is 11.5. The summed E-state index contributed by atoms with van der Waals surface area (Å²) in [5, 5.41) is 6.02. The molecule has 1 aliphatic carbocycles. The largest absolute Gasteiger partial charge is 0.278 e. The first-order valence-electron chi connectivity index (χ1n) is 16.6. The monoisotopic (exact) mass is 613 g/mol. The van der Waals surface area contributed by atoms with E-state index >= 15 is 0 Å². The minimum Gasteiger partial charge on any atom is -0.278 e. The smallest absolute Gasteiger partial charge is 0.235 e. The molecular weight excluding hydrogens is 583 g/mol. The van der Waals surface area contributed by atoms with E-state index < -0.39 is 0 Å². The lowest BCUT2D eigenvalue weighted by Gasteiger charge is -2.21. The van der Waals surface area contributed by atoms with E-state index in [0.717, 1.165) is 33.2 Å². The van der Waals surface area contributed by atoms with E-state index in [1.807, 2.05) is 0 Å². The van der Waals surface area contributed by atoms with Crippen LogP contribution >= 0.6 is 0 Å². The lowest BCUT2D eigenvalue weighted by Crippen LogP contribution is -2.14. The Bertz CT molecular complexity index is 2740. The Labute approximate surface area is 278 Å². The summed E-state index contributed by atoms with van der Waals surface area (Å²) >= 11 is 0. The molecule has 2 heterocycles. The molecule has 3 nitrogen and oxygen atoms in total. The molecule has 0 aliphatic heterocycles. The van der Waals surface area contributed by atoms with Crippen LogP contribution in [0.3, 0.4) is 0 Å². The Morgan fingerprint density at radius 2 is 1.15 bits per heavy atom. The molecule has 0 unspecified atom stereocenters. The summed E-state index contributed by atoms with van der Waals surface area (Å²) in [5.74, 6) is 0.679. The Balaban J connectivity index is 1.21. The van der Waals surface area contributed by atoms with E-state index in [9.17, 15) is 0 Å². The molecule has 0 saturated heterocycles. The first-order chi connectivity index (χ1) is 23.6. The second-order valence-corrected chi connectivity index (χ2v) is 13.4. The summed E-state index contributed by atoms with van der Waals surface area (Å²) in [7, 11) is 0. The van der Waals surface area contributed by atoms with Gasteiger partial charge in [0.05, 0.1) is 22.2 Å². The number of para-hydroxylation sites is 2. The normalized spacial score (nSPS) is 13.4. The zero-order chi connectivity index (χ0) is 32.0. The number of nitrogens with zero attached hydrogens (tertiary/aromatic N) is 3. The summed E-state index contributed by atoms with van der Waals surface area (Å²) in [6.07, 6.45) is 0. The van der Waals surface area contributed by atoms with Gasteiger partial charge in [0.25, 0.3) is 0 Å². The standard InChI is InChI=1S/C45H31N3/c1-45(2)36-19-8-5-15-33(36)41-37(45)26-27-40-42(41)35-17-7-10-21-39(35)48(40)44-46-38-20-9-6-16-34(38)43(47-44)30-24-22-29(23-25-30)32-18-11-13-28-12-3-4-14-31(28)32/h3-27H,1-2H3. The van der Waals surface area contributed by atoms with E-state index in [-0.39, 0.29) is 5.41 Å². The van der Waals surface area contributed by atoms with Gasteiger partial charge in [-0.1, -0.05) is 147 Å². The fourth-order valence-electron chi connectivity index (χ4n) is 8.14. The first-order valence-corrected chi connectivity index (χ1v) is 16.6. The second kappa shape index (κ2) is 9.97. The van der Waals surface area contributed by atoms with E-state index in [0.29, 0.717) is 5.95 Å². The third-order valence-electron chi connectivity index (χ3n) is 10.4. The van der Waals surface area contributed by atoms with Crippen LogP contribution in [0.15, 0.2) is 152 Å². The first kappa shape index (κ1) is 27.1. The maximum atomic E-state index is 5.38. The van der Waals surface area contributed by atoms with Crippen LogP contribution < -0.4 is 0 Å². The van der Waals surface area contributed by atoms with Gasteiger partial charge in [-0.3, -0.25) is 4.57 Å². The molecule has 0 radical (unpaired) electrons. The van der Waals surface area contributed by atoms with Crippen molar-refractivity contribution >= 4 is 43.5 Å². The van der Waals surface area contributed by atoms with Crippen LogP contribution in [-0.2, 0) is 5.41 Å². The quantitative estimate of drug-likeness (QED) is 0.198. The molecule has 226 valence electrons. The van der Waals surface area contributed by atoms with Crippen molar-refractivity contribution in [2.45, 2.75) is 19.3 Å². The molecule has 3 heteroatoms. The van der Waals surface area contributed by atoms with E-state index in [1.54, 1.807) is 0 Å². The van der Waals surface area contributed by atoms with Crippen molar-refractivity contribution in [3.05, 3.63) is 163 Å². The van der Waals surface area contributed by atoms with Crippen LogP contribution in [0.1, 0.15) is 25.0 Å². The van der Waals surface area contributed by atoms with Gasteiger partial charge < -0.3 is 0 Å². The minimum atomic E-state index is -0.0753. The molecule has 0 spiro atoms. The molecule has 0 N–H and O–H groups in total. The Morgan fingerprint density at radius 1 is 0.479 bits per heavy atom. The molecule has 9 aromatic rings. The highest BCUT2D eigenvalue weighted by atomic mass is 15.2. The van der Waals surface area contributed by atoms with Crippen LogP contribution in [-0.4, -0.2) is 14.5 Å². The highest BCUT2D eigenvalue weighted by Crippen LogP contribution is 2.53. The third-order valence-corrected chi connectivity index (χ3v) is 10.4. The van der Waals surface area contributed by atoms with Crippen LogP contribution in [0.25, 0.3) is 82.9 Å². The minimum absolute atomic E-state index is 0.0753. The Kier molecular flexibility index (Phi) is 5.63. The van der Waals surface area contributed by atoms with Gasteiger partial charge in [-0.15, -0.1) is 0 Å². The zero-order valence-electron chi connectivity index (χ0n) is 26.8. The Morgan fingerprint density at radius 3 is 2.02 bits per heavy atom. The lowest BCUT2D eigenvalue weighted by molar-refractivity contribution is 0.661. The van der Waals surface area contributed by atoms with Crippen LogP contribution in [0.2, 0.25) is 0 Å². The van der Waals surface area contributed by atoms with Crippen molar-refractivity contribution in [1.29, 1.82) is 0 Å². The average molecular weight is 614 g/mol. The lowest BCUT2D eigenvalue weighted by atomic mass is 9.82. The topological polar surface area (TPSA) is 30.7 Å². The molecule has 2 aromatic heterocycles. The van der Waals surface area contributed by atoms with Gasteiger partial charge in [0.1, 0.15) is 0 Å². The number of aromatic nitrogens is 3. The van der Waals surface area contributed by atoms with Gasteiger partial charge in [0.2, 0.25) is 5.95 Å². The highest BCUT2D eigenvalue weighted by Gasteiger charge is 2.37. The third kappa shape index (κ3) is 3.76. The molecule has 1 aliphatic rings. The predicted molar refractivity (Wildman–Crippen MR) is 200 cm³/mol. The summed E-state index contributed by atoms with van der Waals surface area (Å²) in [4.78, 5) is 10.6. The molecule has 0 amide bonds. The van der Waals surface area contributed by atoms with Crippen molar-refractivity contribution in [3.63, 3.8) is 0 Å². The summed E-state index contributed by atoms with van der Waals surface area (Å²) < 4.78 is 2.26. The Hall–Kier alpha value is -6.06. The van der Waals surface area contributed by atoms with Crippen molar-refractivity contribution < 1.29 is 0 Å². The highest BCUT2D eigenvalue weighted by molar-refractivity contribution is 6.17. The molecule has 48 heavy (non-hydrogen) atoms. The van der Waals surface area contributed by atoms with Gasteiger partial charge in [0, 0.05) is 27.1 Å². The number of fused-ring (bicyclic) bond motifs is 9. The molecule has 0 bridgehead atoms. The SMILES string of the molecule is CC1(C)c2ccccc2-c2c1ccc1c2c2ccccc2n1-c1nc(-c2ccc(-c3cccc4ccccc34)cc2)c2ccccc2n1. The molecule has 10 rings (SSSR count). The zero-order valence-corrected chi connectivity index (χ0v) is 26.8. The number of hydrogen-bond acceptors (Lipinski definition) is 2. The van der Waals surface area contributed by atoms with Crippen LogP contribution in [0, 0.1) is 0 Å². The molecular formula is C45H31N3. The molecule has 0 saturated carbocycles. The summed E-state index contributed by atoms with van der Waals surface area (Å²) in [6.45, 7) is 4.68. The van der Waals surface area contributed by atoms with Crippen molar-refractivity contribution in [2.75, 3.05) is 0 Å². The number of rotatable bonds is 3. The van der Waals surface area contributed by atoms with E-state index in [1.165, 1.54) is 54.9 Å². The number of benzene rings is 7. The summed E-state index contributed by atoms with van der Waals surface area (Å²) in [5.41, 5.74) is 12.9. The summed E-state index contributed by atoms with van der Waals surface area (Å²) in [6, 6.07) is 54.5. The van der Waals surface area contributed by atoms with Gasteiger partial charge in [-0.25, -0.2) is 9.97 Å². The van der Waals surface area contributed by atoms with E-state index in [2.05, 4.69) is 170 Å². The molecule has 0 atom stereocenters. The maximum absolute atomic E-state index is 5.38. The number of hydrogen-bond donors (Lipinski definition) is 0. The van der Waals surface area contributed by atoms with Gasteiger partial charge in [-0.2, -0.15) is 0 Å². The van der Waals surface area contributed by atoms with Crippen molar-refractivity contribution in [1.82, 2.24) is 14.5 Å². The fraction of sp³-hybridized carbons (Fsp3) is 0.0667. The van der Waals surface area contributed by atoms with Gasteiger partial charge >= 0.3 is 0 Å². The van der Waals surface area contributed by atoms with Gasteiger partial charge in [-0.05, 0) is 62.4 Å². The fourth-order valence-corrected chi connectivity index (χ4v) is 8.14.